The van der Waals surface area contributed by atoms with E-state index in [0.29, 0.717) is 6.42 Å². The lowest BCUT2D eigenvalue weighted by Crippen LogP contribution is -2.61. The molecule has 4 atom stereocenters. The molecule has 1 aliphatic heterocycles. The summed E-state index contributed by atoms with van der Waals surface area (Å²) in [5.74, 6) is -4.40. The predicted octanol–water partition coefficient (Wildman–Crippen LogP) is 0.888. The summed E-state index contributed by atoms with van der Waals surface area (Å²) in [6.07, 6.45) is -2.54. The van der Waals surface area contributed by atoms with Crippen LogP contribution in [0.2, 0.25) is 0 Å². The Labute approximate surface area is 163 Å². The molecule has 1 heterocycles. The van der Waals surface area contributed by atoms with Crippen molar-refractivity contribution in [1.29, 1.82) is 0 Å². The van der Waals surface area contributed by atoms with Crippen molar-refractivity contribution in [1.82, 2.24) is 0 Å². The van der Waals surface area contributed by atoms with Crippen molar-refractivity contribution in [3.63, 3.8) is 0 Å². The number of hydrogen-bond acceptors (Lipinski definition) is 10. The summed E-state index contributed by atoms with van der Waals surface area (Å²) in [5.41, 5.74) is 0. The van der Waals surface area contributed by atoms with Crippen LogP contribution in [0, 0.1) is 0 Å². The molecule has 160 valence electrons. The first-order valence-corrected chi connectivity index (χ1v) is 9.03. The van der Waals surface area contributed by atoms with Crippen LogP contribution in [-0.2, 0) is 47.6 Å². The molecule has 1 fully saturated rings. The molecule has 0 aliphatic carbocycles. The molecule has 4 unspecified atom stereocenters. The van der Waals surface area contributed by atoms with Crippen LogP contribution in [0.1, 0.15) is 47.0 Å². The molecule has 0 amide bonds. The second-order valence-corrected chi connectivity index (χ2v) is 6.30. The van der Waals surface area contributed by atoms with Gasteiger partial charge in [0, 0.05) is 27.2 Å². The van der Waals surface area contributed by atoms with Crippen LogP contribution in [0.4, 0.5) is 0 Å². The standard InChI is InChI=1S/C18H28O10/c1-6-8-25-18(17(22)23-5)10-15(26-12(3)20)16(27-13(4)21)14(28-18)7-9-24-11(2)19/h14-16H,6-10H2,1-5H3. The van der Waals surface area contributed by atoms with Gasteiger partial charge in [0.2, 0.25) is 0 Å². The molecule has 0 bridgehead atoms. The maximum absolute atomic E-state index is 12.5. The zero-order valence-corrected chi connectivity index (χ0v) is 16.9. The highest BCUT2D eigenvalue weighted by Gasteiger charge is 2.56. The van der Waals surface area contributed by atoms with Gasteiger partial charge in [-0.25, -0.2) is 4.79 Å². The van der Waals surface area contributed by atoms with Gasteiger partial charge < -0.3 is 28.4 Å². The van der Waals surface area contributed by atoms with Crippen LogP contribution < -0.4 is 0 Å². The first-order valence-electron chi connectivity index (χ1n) is 9.03. The van der Waals surface area contributed by atoms with Crippen molar-refractivity contribution < 1.29 is 47.6 Å². The smallest absolute Gasteiger partial charge is 0.366 e. The quantitative estimate of drug-likeness (QED) is 0.404. The fourth-order valence-electron chi connectivity index (χ4n) is 2.89. The Morgan fingerprint density at radius 1 is 1.00 bits per heavy atom. The normalized spacial score (nSPS) is 26.8. The summed E-state index contributed by atoms with van der Waals surface area (Å²) >= 11 is 0. The van der Waals surface area contributed by atoms with Crippen molar-refractivity contribution in [3.05, 3.63) is 0 Å². The third-order valence-electron chi connectivity index (χ3n) is 3.91. The summed E-state index contributed by atoms with van der Waals surface area (Å²) in [6.45, 7) is 5.60. The van der Waals surface area contributed by atoms with Crippen LogP contribution in [0.25, 0.3) is 0 Å². The second-order valence-electron chi connectivity index (χ2n) is 6.30. The molecule has 28 heavy (non-hydrogen) atoms. The van der Waals surface area contributed by atoms with Crippen molar-refractivity contribution in [3.8, 4) is 0 Å². The molecule has 0 aromatic heterocycles. The summed E-state index contributed by atoms with van der Waals surface area (Å²) in [5, 5.41) is 0. The highest BCUT2D eigenvalue weighted by Crippen LogP contribution is 2.36. The highest BCUT2D eigenvalue weighted by molar-refractivity contribution is 5.78. The Hall–Kier alpha value is -2.20. The zero-order valence-electron chi connectivity index (χ0n) is 16.9. The number of hydrogen-bond donors (Lipinski definition) is 0. The van der Waals surface area contributed by atoms with Crippen molar-refractivity contribution in [2.24, 2.45) is 0 Å². The first-order chi connectivity index (χ1) is 13.1. The Morgan fingerprint density at radius 3 is 2.14 bits per heavy atom. The van der Waals surface area contributed by atoms with E-state index < -0.39 is 48.0 Å². The minimum Gasteiger partial charge on any atom is -0.466 e. The molecule has 1 aliphatic rings. The number of carbonyl (C=O) groups is 4. The summed E-state index contributed by atoms with van der Waals surface area (Å²) < 4.78 is 31.9. The number of methoxy groups -OCH3 is 1. The molecular weight excluding hydrogens is 376 g/mol. The van der Waals surface area contributed by atoms with Crippen molar-refractivity contribution >= 4 is 23.9 Å². The molecule has 0 saturated carbocycles. The lowest BCUT2D eigenvalue weighted by molar-refractivity contribution is -0.315. The molecule has 0 aromatic rings. The Bertz CT molecular complexity index is 575. The van der Waals surface area contributed by atoms with E-state index in [-0.39, 0.29) is 26.1 Å². The lowest BCUT2D eigenvalue weighted by atomic mass is 9.93. The molecule has 10 nitrogen and oxygen atoms in total. The van der Waals surface area contributed by atoms with Gasteiger partial charge in [0.15, 0.2) is 6.10 Å². The third kappa shape index (κ3) is 6.75. The highest BCUT2D eigenvalue weighted by atomic mass is 16.7. The number of carbonyl (C=O) groups excluding carboxylic acids is 4. The van der Waals surface area contributed by atoms with E-state index in [9.17, 15) is 19.2 Å². The molecule has 10 heteroatoms. The van der Waals surface area contributed by atoms with E-state index in [1.54, 1.807) is 0 Å². The summed E-state index contributed by atoms with van der Waals surface area (Å²) in [4.78, 5) is 46.7. The minimum atomic E-state index is -1.84. The maximum Gasteiger partial charge on any atom is 0.366 e. The van der Waals surface area contributed by atoms with E-state index in [0.717, 1.165) is 0 Å². The molecule has 1 rings (SSSR count). The Morgan fingerprint density at radius 2 is 1.64 bits per heavy atom. The van der Waals surface area contributed by atoms with Crippen LogP contribution in [0.15, 0.2) is 0 Å². The van der Waals surface area contributed by atoms with E-state index in [1.165, 1.54) is 27.9 Å². The molecule has 0 N–H and O–H groups in total. The average molecular weight is 404 g/mol. The van der Waals surface area contributed by atoms with E-state index in [1.807, 2.05) is 6.92 Å². The van der Waals surface area contributed by atoms with Gasteiger partial charge in [0.05, 0.1) is 26.7 Å². The predicted molar refractivity (Wildman–Crippen MR) is 92.8 cm³/mol. The van der Waals surface area contributed by atoms with Gasteiger partial charge in [0.25, 0.3) is 5.79 Å². The summed E-state index contributed by atoms with van der Waals surface area (Å²) in [6, 6.07) is 0. The lowest BCUT2D eigenvalue weighted by Gasteiger charge is -2.45. The number of rotatable bonds is 9. The number of ether oxygens (including phenoxy) is 6. The van der Waals surface area contributed by atoms with E-state index in [2.05, 4.69) is 0 Å². The second kappa shape index (κ2) is 11.0. The minimum absolute atomic E-state index is 0.0599. The van der Waals surface area contributed by atoms with Gasteiger partial charge in [-0.1, -0.05) is 6.92 Å². The van der Waals surface area contributed by atoms with E-state index >= 15 is 0 Å². The molecular formula is C18H28O10. The first kappa shape index (κ1) is 23.8. The van der Waals surface area contributed by atoms with Gasteiger partial charge in [-0.15, -0.1) is 0 Å². The fourth-order valence-corrected chi connectivity index (χ4v) is 2.89. The zero-order chi connectivity index (χ0) is 21.3. The van der Waals surface area contributed by atoms with Crippen molar-refractivity contribution in [2.45, 2.75) is 71.1 Å². The number of esters is 4. The van der Waals surface area contributed by atoms with Gasteiger partial charge in [-0.05, 0) is 6.42 Å². The average Bonchev–Trinajstić information content (AvgIpc) is 2.60. The SMILES string of the molecule is CCCOC1(C(=O)OC)CC(OC(C)=O)C(OC(C)=O)C(CCOC(C)=O)O1. The third-order valence-corrected chi connectivity index (χ3v) is 3.91. The Kier molecular flexibility index (Phi) is 9.33. The van der Waals surface area contributed by atoms with Crippen LogP contribution in [0.5, 0.6) is 0 Å². The monoisotopic (exact) mass is 404 g/mol. The van der Waals surface area contributed by atoms with Gasteiger partial charge >= 0.3 is 23.9 Å². The van der Waals surface area contributed by atoms with Crippen LogP contribution in [0.3, 0.4) is 0 Å². The summed E-state index contributed by atoms with van der Waals surface area (Å²) in [7, 11) is 1.18. The van der Waals surface area contributed by atoms with Crippen molar-refractivity contribution in [2.75, 3.05) is 20.3 Å². The van der Waals surface area contributed by atoms with E-state index in [4.69, 9.17) is 28.4 Å². The molecule has 0 radical (unpaired) electrons. The van der Waals surface area contributed by atoms with Crippen LogP contribution in [-0.4, -0.2) is 68.3 Å². The van der Waals surface area contributed by atoms with Gasteiger partial charge in [-0.3, -0.25) is 14.4 Å². The molecule has 0 aromatic carbocycles. The Balaban J connectivity index is 3.23. The topological polar surface area (TPSA) is 124 Å². The van der Waals surface area contributed by atoms with Gasteiger partial charge in [0.1, 0.15) is 12.2 Å². The fraction of sp³-hybridized carbons (Fsp3) is 0.778. The largest absolute Gasteiger partial charge is 0.466 e. The molecule has 1 saturated heterocycles. The molecule has 0 spiro atoms. The van der Waals surface area contributed by atoms with Crippen LogP contribution >= 0.6 is 0 Å². The van der Waals surface area contributed by atoms with Gasteiger partial charge in [-0.2, -0.15) is 0 Å². The maximum atomic E-state index is 12.5.